The van der Waals surface area contributed by atoms with Crippen molar-refractivity contribution >= 4 is 0 Å². The third-order valence-electron chi connectivity index (χ3n) is 4.00. The summed E-state index contributed by atoms with van der Waals surface area (Å²) in [5, 5.41) is 3.37. The average Bonchev–Trinajstić information content (AvgIpc) is 2.86. The summed E-state index contributed by atoms with van der Waals surface area (Å²) in [6, 6.07) is 7.26. The predicted octanol–water partition coefficient (Wildman–Crippen LogP) is 2.61. The molecule has 1 fully saturated rings. The van der Waals surface area contributed by atoms with Crippen LogP contribution in [0, 0.1) is 0 Å². The fourth-order valence-electron chi connectivity index (χ4n) is 2.80. The first-order chi connectivity index (χ1) is 9.13. The minimum Gasteiger partial charge on any atom is -0.496 e. The first kappa shape index (κ1) is 14.4. The topological polar surface area (TPSA) is 24.5 Å². The molecule has 2 rings (SSSR count). The minimum absolute atomic E-state index is 0.499. The van der Waals surface area contributed by atoms with E-state index < -0.39 is 0 Å². The Balaban J connectivity index is 2.07. The van der Waals surface area contributed by atoms with Crippen LogP contribution in [0.1, 0.15) is 37.3 Å². The summed E-state index contributed by atoms with van der Waals surface area (Å²) in [7, 11) is 3.80. The summed E-state index contributed by atoms with van der Waals surface area (Å²) in [6.45, 7) is 7.82. The quantitative estimate of drug-likeness (QED) is 0.883. The Bertz CT molecular complexity index is 417. The van der Waals surface area contributed by atoms with Gasteiger partial charge in [-0.2, -0.15) is 0 Å². The van der Waals surface area contributed by atoms with Crippen LogP contribution in [-0.2, 0) is 6.54 Å². The molecule has 19 heavy (non-hydrogen) atoms. The van der Waals surface area contributed by atoms with Gasteiger partial charge in [0, 0.05) is 25.7 Å². The van der Waals surface area contributed by atoms with Gasteiger partial charge in [0.15, 0.2) is 0 Å². The molecule has 1 aromatic rings. The molecule has 1 N–H and O–H groups in total. The smallest absolute Gasteiger partial charge is 0.122 e. The Kier molecular flexibility index (Phi) is 4.83. The van der Waals surface area contributed by atoms with E-state index in [0.29, 0.717) is 12.0 Å². The highest BCUT2D eigenvalue weighted by molar-refractivity contribution is 5.39. The lowest BCUT2D eigenvalue weighted by Crippen LogP contribution is -2.29. The lowest BCUT2D eigenvalue weighted by molar-refractivity contribution is 0.322. The minimum atomic E-state index is 0.499. The van der Waals surface area contributed by atoms with Crippen molar-refractivity contribution in [1.29, 1.82) is 0 Å². The van der Waals surface area contributed by atoms with Crippen LogP contribution in [0.25, 0.3) is 0 Å². The maximum atomic E-state index is 5.44. The van der Waals surface area contributed by atoms with Crippen LogP contribution in [-0.4, -0.2) is 38.2 Å². The molecule has 1 aromatic carbocycles. The van der Waals surface area contributed by atoms with Crippen molar-refractivity contribution in [3.63, 3.8) is 0 Å². The average molecular weight is 262 g/mol. The van der Waals surface area contributed by atoms with E-state index in [2.05, 4.69) is 49.3 Å². The zero-order valence-electron chi connectivity index (χ0n) is 12.6. The number of ether oxygens (including phenoxy) is 1. The monoisotopic (exact) mass is 262 g/mol. The van der Waals surface area contributed by atoms with Crippen molar-refractivity contribution in [2.75, 3.05) is 27.2 Å². The molecule has 1 heterocycles. The Morgan fingerprint density at radius 1 is 1.42 bits per heavy atom. The normalized spacial score (nSPS) is 20.2. The fraction of sp³-hybridized carbons (Fsp3) is 0.625. The van der Waals surface area contributed by atoms with E-state index in [1.54, 1.807) is 7.11 Å². The summed E-state index contributed by atoms with van der Waals surface area (Å²) in [6.07, 6.45) is 1.25. The molecule has 0 saturated carbocycles. The van der Waals surface area contributed by atoms with E-state index in [1.807, 2.05) is 0 Å². The third-order valence-corrected chi connectivity index (χ3v) is 4.00. The van der Waals surface area contributed by atoms with E-state index in [0.717, 1.165) is 18.8 Å². The molecule has 1 saturated heterocycles. The number of methoxy groups -OCH3 is 1. The van der Waals surface area contributed by atoms with E-state index in [-0.39, 0.29) is 0 Å². The maximum Gasteiger partial charge on any atom is 0.122 e. The zero-order valence-corrected chi connectivity index (χ0v) is 12.6. The van der Waals surface area contributed by atoms with Crippen molar-refractivity contribution in [3.8, 4) is 5.75 Å². The number of hydrogen-bond donors (Lipinski definition) is 1. The molecule has 1 atom stereocenters. The van der Waals surface area contributed by atoms with Crippen LogP contribution >= 0.6 is 0 Å². The van der Waals surface area contributed by atoms with Gasteiger partial charge in [-0.1, -0.05) is 26.0 Å². The van der Waals surface area contributed by atoms with Crippen LogP contribution in [0.5, 0.6) is 5.75 Å². The molecule has 0 bridgehead atoms. The van der Waals surface area contributed by atoms with Gasteiger partial charge < -0.3 is 10.1 Å². The highest BCUT2D eigenvalue weighted by atomic mass is 16.5. The van der Waals surface area contributed by atoms with Crippen LogP contribution in [0.15, 0.2) is 18.2 Å². The highest BCUT2D eigenvalue weighted by Crippen LogP contribution is 2.28. The van der Waals surface area contributed by atoms with Gasteiger partial charge in [0.05, 0.1) is 7.11 Å². The first-order valence-corrected chi connectivity index (χ1v) is 7.20. The molecular weight excluding hydrogens is 236 g/mol. The first-order valence-electron chi connectivity index (χ1n) is 7.20. The SMILES string of the molecule is CNC1CCN(Cc2ccc(OC)c(C(C)C)c2)C1. The van der Waals surface area contributed by atoms with Gasteiger partial charge in [0.1, 0.15) is 5.75 Å². The summed E-state index contributed by atoms with van der Waals surface area (Å²) in [4.78, 5) is 2.52. The summed E-state index contributed by atoms with van der Waals surface area (Å²) >= 11 is 0. The Hall–Kier alpha value is -1.06. The fourth-order valence-corrected chi connectivity index (χ4v) is 2.80. The Morgan fingerprint density at radius 2 is 2.21 bits per heavy atom. The van der Waals surface area contributed by atoms with Gasteiger partial charge >= 0.3 is 0 Å². The van der Waals surface area contributed by atoms with Crippen LogP contribution in [0.2, 0.25) is 0 Å². The van der Waals surface area contributed by atoms with Gasteiger partial charge in [-0.05, 0) is 36.6 Å². The maximum absolute atomic E-state index is 5.44. The van der Waals surface area contributed by atoms with E-state index in [1.165, 1.54) is 24.1 Å². The molecule has 0 amide bonds. The number of likely N-dealkylation sites (tertiary alicyclic amines) is 1. The largest absolute Gasteiger partial charge is 0.496 e. The molecule has 106 valence electrons. The molecular formula is C16H26N2O. The lowest BCUT2D eigenvalue weighted by Gasteiger charge is -2.18. The van der Waals surface area contributed by atoms with Gasteiger partial charge in [0.2, 0.25) is 0 Å². The van der Waals surface area contributed by atoms with Gasteiger partial charge in [-0.15, -0.1) is 0 Å². The number of benzene rings is 1. The van der Waals surface area contributed by atoms with Crippen molar-refractivity contribution in [2.24, 2.45) is 0 Å². The number of rotatable bonds is 5. The van der Waals surface area contributed by atoms with E-state index in [4.69, 9.17) is 4.74 Å². The molecule has 0 aromatic heterocycles. The molecule has 3 nitrogen and oxygen atoms in total. The Morgan fingerprint density at radius 3 is 2.79 bits per heavy atom. The lowest BCUT2D eigenvalue weighted by atomic mass is 9.99. The van der Waals surface area contributed by atoms with E-state index >= 15 is 0 Å². The second-order valence-corrected chi connectivity index (χ2v) is 5.74. The molecule has 1 aliphatic rings. The van der Waals surface area contributed by atoms with E-state index in [9.17, 15) is 0 Å². The van der Waals surface area contributed by atoms with Gasteiger partial charge in [0.25, 0.3) is 0 Å². The van der Waals surface area contributed by atoms with Crippen molar-refractivity contribution < 1.29 is 4.74 Å². The predicted molar refractivity (Wildman–Crippen MR) is 79.8 cm³/mol. The summed E-state index contributed by atoms with van der Waals surface area (Å²) in [5.74, 6) is 1.51. The number of nitrogens with zero attached hydrogens (tertiary/aromatic N) is 1. The number of likely N-dealkylation sites (N-methyl/N-ethyl adjacent to an activating group) is 1. The zero-order chi connectivity index (χ0) is 13.8. The number of nitrogens with one attached hydrogen (secondary N) is 1. The molecule has 0 radical (unpaired) electrons. The Labute approximate surface area is 116 Å². The molecule has 1 unspecified atom stereocenters. The number of hydrogen-bond acceptors (Lipinski definition) is 3. The molecule has 1 aliphatic heterocycles. The second-order valence-electron chi connectivity index (χ2n) is 5.74. The van der Waals surface area contributed by atoms with Gasteiger partial charge in [-0.25, -0.2) is 0 Å². The van der Waals surface area contributed by atoms with Crippen molar-refractivity contribution in [2.45, 2.75) is 38.8 Å². The van der Waals surface area contributed by atoms with Crippen molar-refractivity contribution in [3.05, 3.63) is 29.3 Å². The third kappa shape index (κ3) is 3.48. The summed E-state index contributed by atoms with van der Waals surface area (Å²) in [5.41, 5.74) is 2.70. The van der Waals surface area contributed by atoms with Gasteiger partial charge in [-0.3, -0.25) is 4.90 Å². The highest BCUT2D eigenvalue weighted by Gasteiger charge is 2.21. The molecule has 0 spiro atoms. The van der Waals surface area contributed by atoms with Crippen LogP contribution in [0.4, 0.5) is 0 Å². The van der Waals surface area contributed by atoms with Crippen LogP contribution < -0.4 is 10.1 Å². The standard InChI is InChI=1S/C16H26N2O/c1-12(2)15-9-13(5-6-16(15)19-4)10-18-8-7-14(11-18)17-3/h5-6,9,12,14,17H,7-8,10-11H2,1-4H3. The van der Waals surface area contributed by atoms with Crippen molar-refractivity contribution in [1.82, 2.24) is 10.2 Å². The summed E-state index contributed by atoms with van der Waals surface area (Å²) < 4.78 is 5.44. The molecule has 0 aliphatic carbocycles. The molecule has 3 heteroatoms. The van der Waals surface area contributed by atoms with Crippen LogP contribution in [0.3, 0.4) is 0 Å². The second kappa shape index (κ2) is 6.40.